The van der Waals surface area contributed by atoms with Crippen LogP contribution in [0.15, 0.2) is 0 Å². The number of hydrogen-bond acceptors (Lipinski definition) is 3. The van der Waals surface area contributed by atoms with Gasteiger partial charge in [-0.05, 0) is 30.3 Å². The van der Waals surface area contributed by atoms with E-state index in [1.54, 1.807) is 7.11 Å². The van der Waals surface area contributed by atoms with Gasteiger partial charge in [-0.2, -0.15) is 11.8 Å². The second-order valence-electron chi connectivity index (χ2n) is 4.12. The van der Waals surface area contributed by atoms with Crippen molar-refractivity contribution in [3.05, 3.63) is 0 Å². The summed E-state index contributed by atoms with van der Waals surface area (Å²) in [7, 11) is 1.66. The van der Waals surface area contributed by atoms with Crippen molar-refractivity contribution in [2.75, 3.05) is 31.8 Å². The fourth-order valence-corrected chi connectivity index (χ4v) is 3.38. The number of amides is 1. The van der Waals surface area contributed by atoms with Crippen molar-refractivity contribution in [2.24, 2.45) is 5.92 Å². The lowest BCUT2D eigenvalue weighted by Gasteiger charge is -2.20. The lowest BCUT2D eigenvalue weighted by molar-refractivity contribution is -0.122. The molecule has 0 aromatic heterocycles. The summed E-state index contributed by atoms with van der Waals surface area (Å²) in [6.45, 7) is 1.27. The van der Waals surface area contributed by atoms with Crippen molar-refractivity contribution >= 4 is 33.6 Å². The Labute approximate surface area is 110 Å². The number of carbonyl (C=O) groups excluding carboxylic acids is 1. The van der Waals surface area contributed by atoms with Crippen LogP contribution in [0.2, 0.25) is 0 Å². The molecule has 1 rings (SSSR count). The zero-order valence-electron chi connectivity index (χ0n) is 9.71. The third-order valence-electron chi connectivity index (χ3n) is 2.68. The average Bonchev–Trinajstić information content (AvgIpc) is 2.28. The third kappa shape index (κ3) is 6.11. The Hall–Kier alpha value is 0.260. The largest absolute Gasteiger partial charge is 0.383 e. The summed E-state index contributed by atoms with van der Waals surface area (Å²) in [4.78, 5) is 11.9. The minimum atomic E-state index is 0.178. The SMILES string of the molecule is COCC(Br)CNC(=O)CC1CCSCC1. The highest BCUT2D eigenvalue weighted by Gasteiger charge is 2.17. The molecule has 1 saturated heterocycles. The van der Waals surface area contributed by atoms with Crippen LogP contribution in [-0.4, -0.2) is 42.5 Å². The highest BCUT2D eigenvalue weighted by molar-refractivity contribution is 9.09. The number of rotatable bonds is 6. The number of methoxy groups -OCH3 is 1. The second kappa shape index (κ2) is 8.37. The van der Waals surface area contributed by atoms with Crippen LogP contribution in [0.5, 0.6) is 0 Å². The number of carbonyl (C=O) groups is 1. The summed E-state index contributed by atoms with van der Waals surface area (Å²) in [5, 5.41) is 2.94. The molecule has 1 heterocycles. The van der Waals surface area contributed by atoms with Gasteiger partial charge in [0, 0.05) is 20.1 Å². The standard InChI is InChI=1S/C11H20BrNO2S/c1-15-8-10(12)7-13-11(14)6-9-2-4-16-5-3-9/h9-10H,2-8H2,1H3,(H,13,14). The molecule has 0 aromatic rings. The van der Waals surface area contributed by atoms with Crippen LogP contribution in [0.3, 0.4) is 0 Å². The molecule has 1 fully saturated rings. The van der Waals surface area contributed by atoms with E-state index in [9.17, 15) is 4.79 Å². The van der Waals surface area contributed by atoms with Crippen molar-refractivity contribution in [2.45, 2.75) is 24.1 Å². The number of ether oxygens (including phenoxy) is 1. The maximum atomic E-state index is 11.6. The van der Waals surface area contributed by atoms with Gasteiger partial charge in [-0.3, -0.25) is 4.79 Å². The molecule has 5 heteroatoms. The molecule has 16 heavy (non-hydrogen) atoms. The van der Waals surface area contributed by atoms with Crippen LogP contribution in [-0.2, 0) is 9.53 Å². The van der Waals surface area contributed by atoms with E-state index in [0.29, 0.717) is 25.5 Å². The lowest BCUT2D eigenvalue weighted by atomic mass is 9.98. The molecule has 3 nitrogen and oxygen atoms in total. The third-order valence-corrected chi connectivity index (χ3v) is 4.32. The van der Waals surface area contributed by atoms with Gasteiger partial charge >= 0.3 is 0 Å². The molecule has 1 amide bonds. The van der Waals surface area contributed by atoms with Crippen LogP contribution in [0, 0.1) is 5.92 Å². The van der Waals surface area contributed by atoms with Gasteiger partial charge < -0.3 is 10.1 Å². The number of halogens is 1. The van der Waals surface area contributed by atoms with Gasteiger partial charge in [0.15, 0.2) is 0 Å². The van der Waals surface area contributed by atoms with Crippen LogP contribution < -0.4 is 5.32 Å². The Bertz CT molecular complexity index is 210. The molecule has 0 aromatic carbocycles. The topological polar surface area (TPSA) is 38.3 Å². The van der Waals surface area contributed by atoms with Gasteiger partial charge in [0.1, 0.15) is 0 Å². The molecule has 94 valence electrons. The number of nitrogens with one attached hydrogen (secondary N) is 1. The van der Waals surface area contributed by atoms with E-state index in [1.165, 1.54) is 24.3 Å². The predicted molar refractivity (Wildman–Crippen MR) is 72.3 cm³/mol. The number of alkyl halides is 1. The Morgan fingerprint density at radius 1 is 1.56 bits per heavy atom. The summed E-state index contributed by atoms with van der Waals surface area (Å²) in [6, 6.07) is 0. The van der Waals surface area contributed by atoms with E-state index in [1.807, 2.05) is 11.8 Å². The van der Waals surface area contributed by atoms with E-state index in [0.717, 1.165) is 0 Å². The summed E-state index contributed by atoms with van der Waals surface area (Å²) >= 11 is 5.44. The Morgan fingerprint density at radius 2 is 2.25 bits per heavy atom. The van der Waals surface area contributed by atoms with Crippen molar-refractivity contribution in [3.63, 3.8) is 0 Å². The normalized spacial score (nSPS) is 19.4. The highest BCUT2D eigenvalue weighted by atomic mass is 79.9. The first-order chi connectivity index (χ1) is 7.72. The van der Waals surface area contributed by atoms with Crippen molar-refractivity contribution in [1.29, 1.82) is 0 Å². The Morgan fingerprint density at radius 3 is 2.88 bits per heavy atom. The van der Waals surface area contributed by atoms with Crippen molar-refractivity contribution < 1.29 is 9.53 Å². The predicted octanol–water partition coefficient (Wildman–Crippen LogP) is 2.05. The molecular formula is C11H20BrNO2S. The number of hydrogen-bond donors (Lipinski definition) is 1. The van der Waals surface area contributed by atoms with Gasteiger partial charge in [-0.1, -0.05) is 15.9 Å². The fraction of sp³-hybridized carbons (Fsp3) is 0.909. The van der Waals surface area contributed by atoms with Crippen LogP contribution >= 0.6 is 27.7 Å². The van der Waals surface area contributed by atoms with Crippen molar-refractivity contribution in [1.82, 2.24) is 5.32 Å². The first-order valence-electron chi connectivity index (χ1n) is 5.69. The van der Waals surface area contributed by atoms with E-state index in [2.05, 4.69) is 21.2 Å². The van der Waals surface area contributed by atoms with Crippen LogP contribution in [0.25, 0.3) is 0 Å². The van der Waals surface area contributed by atoms with Gasteiger partial charge in [0.25, 0.3) is 0 Å². The van der Waals surface area contributed by atoms with Crippen molar-refractivity contribution in [3.8, 4) is 0 Å². The van der Waals surface area contributed by atoms with Gasteiger partial charge in [0.2, 0.25) is 5.91 Å². The zero-order chi connectivity index (χ0) is 11.8. The number of thioether (sulfide) groups is 1. The summed E-state index contributed by atoms with van der Waals surface area (Å²) in [5.41, 5.74) is 0. The average molecular weight is 310 g/mol. The maximum absolute atomic E-state index is 11.6. The molecule has 0 aliphatic carbocycles. The minimum absolute atomic E-state index is 0.178. The van der Waals surface area contributed by atoms with Gasteiger partial charge in [0.05, 0.1) is 11.4 Å². The first kappa shape index (κ1) is 14.3. The molecule has 1 aliphatic heterocycles. The fourth-order valence-electron chi connectivity index (χ4n) is 1.75. The summed E-state index contributed by atoms with van der Waals surface area (Å²) in [5.74, 6) is 3.20. The Balaban J connectivity index is 2.10. The summed E-state index contributed by atoms with van der Waals surface area (Å²) in [6.07, 6.45) is 3.06. The second-order valence-corrected chi connectivity index (χ2v) is 6.64. The van der Waals surface area contributed by atoms with Gasteiger partial charge in [-0.25, -0.2) is 0 Å². The molecule has 1 atom stereocenters. The van der Waals surface area contributed by atoms with E-state index in [-0.39, 0.29) is 10.7 Å². The van der Waals surface area contributed by atoms with E-state index >= 15 is 0 Å². The molecule has 1 aliphatic rings. The lowest BCUT2D eigenvalue weighted by Crippen LogP contribution is -2.33. The highest BCUT2D eigenvalue weighted by Crippen LogP contribution is 2.24. The minimum Gasteiger partial charge on any atom is -0.383 e. The molecule has 1 unspecified atom stereocenters. The molecule has 0 spiro atoms. The van der Waals surface area contributed by atoms with Gasteiger partial charge in [-0.15, -0.1) is 0 Å². The molecule has 1 N–H and O–H groups in total. The molecule has 0 bridgehead atoms. The zero-order valence-corrected chi connectivity index (χ0v) is 12.1. The summed E-state index contributed by atoms with van der Waals surface area (Å²) < 4.78 is 4.98. The Kier molecular flexibility index (Phi) is 7.49. The smallest absolute Gasteiger partial charge is 0.220 e. The van der Waals surface area contributed by atoms with Crippen LogP contribution in [0.1, 0.15) is 19.3 Å². The first-order valence-corrected chi connectivity index (χ1v) is 7.77. The molecule has 0 saturated carbocycles. The maximum Gasteiger partial charge on any atom is 0.220 e. The van der Waals surface area contributed by atoms with E-state index in [4.69, 9.17) is 4.74 Å². The quantitative estimate of drug-likeness (QED) is 0.763. The van der Waals surface area contributed by atoms with Crippen LogP contribution in [0.4, 0.5) is 0 Å². The van der Waals surface area contributed by atoms with E-state index < -0.39 is 0 Å². The molecular weight excluding hydrogens is 290 g/mol. The molecule has 0 radical (unpaired) electrons. The monoisotopic (exact) mass is 309 g/mol.